The Labute approximate surface area is 136 Å². The molecule has 0 radical (unpaired) electrons. The van der Waals surface area contributed by atoms with Crippen LogP contribution in [-0.4, -0.2) is 41.6 Å². The number of hydrogen-bond donors (Lipinski definition) is 0. The molecule has 1 atom stereocenters. The van der Waals surface area contributed by atoms with Crippen molar-refractivity contribution in [3.05, 3.63) is 27.5 Å². The standard InChI is InChI=1S/C14H15ClN2O2S2/c1-9-7-17(4-5-19-9)13(18)6-10-8-20-14(16-10)11-2-3-12(15)21-11/h2-3,8-9H,4-7H2,1H3. The number of carbonyl (C=O) groups is 1. The number of aromatic nitrogens is 1. The van der Waals surface area contributed by atoms with E-state index in [0.29, 0.717) is 26.1 Å². The van der Waals surface area contributed by atoms with Gasteiger partial charge in [-0.25, -0.2) is 4.98 Å². The molecule has 1 amide bonds. The molecule has 3 heterocycles. The molecular weight excluding hydrogens is 328 g/mol. The Morgan fingerprint density at radius 3 is 3.14 bits per heavy atom. The number of morpholine rings is 1. The molecule has 7 heteroatoms. The maximum atomic E-state index is 12.3. The van der Waals surface area contributed by atoms with E-state index in [1.807, 2.05) is 29.3 Å². The molecule has 1 aliphatic heterocycles. The van der Waals surface area contributed by atoms with Crippen molar-refractivity contribution >= 4 is 40.2 Å². The van der Waals surface area contributed by atoms with Gasteiger partial charge in [-0.2, -0.15) is 0 Å². The SMILES string of the molecule is CC1CN(C(=O)Cc2csc(-c3ccc(Cl)s3)n2)CCO1. The van der Waals surface area contributed by atoms with E-state index in [1.54, 1.807) is 11.3 Å². The van der Waals surface area contributed by atoms with Crippen LogP contribution in [0.25, 0.3) is 9.88 Å². The van der Waals surface area contributed by atoms with Gasteiger partial charge in [-0.3, -0.25) is 4.79 Å². The van der Waals surface area contributed by atoms with Gasteiger partial charge in [0.25, 0.3) is 0 Å². The molecule has 21 heavy (non-hydrogen) atoms. The summed E-state index contributed by atoms with van der Waals surface area (Å²) < 4.78 is 6.20. The van der Waals surface area contributed by atoms with E-state index in [2.05, 4.69) is 4.98 Å². The molecule has 1 fully saturated rings. The molecule has 1 aliphatic rings. The lowest BCUT2D eigenvalue weighted by Crippen LogP contribution is -2.45. The maximum absolute atomic E-state index is 12.3. The fourth-order valence-electron chi connectivity index (χ4n) is 2.24. The molecule has 0 aliphatic carbocycles. The zero-order valence-electron chi connectivity index (χ0n) is 11.5. The van der Waals surface area contributed by atoms with Gasteiger partial charge in [0, 0.05) is 18.5 Å². The van der Waals surface area contributed by atoms with Crippen molar-refractivity contribution in [3.8, 4) is 9.88 Å². The molecule has 4 nitrogen and oxygen atoms in total. The molecule has 3 rings (SSSR count). The summed E-state index contributed by atoms with van der Waals surface area (Å²) in [5, 5.41) is 2.87. The van der Waals surface area contributed by atoms with Crippen molar-refractivity contribution in [3.63, 3.8) is 0 Å². The lowest BCUT2D eigenvalue weighted by Gasteiger charge is -2.31. The third-order valence-electron chi connectivity index (χ3n) is 3.26. The third kappa shape index (κ3) is 3.63. The first-order valence-electron chi connectivity index (χ1n) is 6.71. The number of thiophene rings is 1. The third-order valence-corrected chi connectivity index (χ3v) is 5.55. The first-order chi connectivity index (χ1) is 10.1. The van der Waals surface area contributed by atoms with E-state index in [1.165, 1.54) is 11.3 Å². The van der Waals surface area contributed by atoms with Crippen LogP contribution in [0.2, 0.25) is 4.34 Å². The van der Waals surface area contributed by atoms with E-state index in [0.717, 1.165) is 19.9 Å². The second-order valence-electron chi connectivity index (χ2n) is 4.95. The molecule has 0 N–H and O–H groups in total. The molecule has 0 bridgehead atoms. The van der Waals surface area contributed by atoms with E-state index in [4.69, 9.17) is 16.3 Å². The molecule has 0 spiro atoms. The van der Waals surface area contributed by atoms with E-state index in [-0.39, 0.29) is 12.0 Å². The topological polar surface area (TPSA) is 42.4 Å². The van der Waals surface area contributed by atoms with Crippen molar-refractivity contribution in [1.29, 1.82) is 0 Å². The number of thiazole rings is 1. The van der Waals surface area contributed by atoms with Crippen LogP contribution in [0.5, 0.6) is 0 Å². The lowest BCUT2D eigenvalue weighted by atomic mass is 10.2. The molecule has 112 valence electrons. The number of amides is 1. The van der Waals surface area contributed by atoms with E-state index in [9.17, 15) is 4.79 Å². The molecular formula is C14H15ClN2O2S2. The van der Waals surface area contributed by atoms with Crippen molar-refractivity contribution in [2.45, 2.75) is 19.4 Å². The highest BCUT2D eigenvalue weighted by Gasteiger charge is 2.22. The van der Waals surface area contributed by atoms with Crippen molar-refractivity contribution < 1.29 is 9.53 Å². The van der Waals surface area contributed by atoms with Gasteiger partial charge < -0.3 is 9.64 Å². The van der Waals surface area contributed by atoms with Gasteiger partial charge >= 0.3 is 0 Å². The fourth-order valence-corrected chi connectivity index (χ4v) is 4.18. The van der Waals surface area contributed by atoms with Crippen molar-refractivity contribution in [1.82, 2.24) is 9.88 Å². The summed E-state index contributed by atoms with van der Waals surface area (Å²) in [7, 11) is 0. The number of halogens is 1. The predicted molar refractivity (Wildman–Crippen MR) is 86.1 cm³/mol. The lowest BCUT2D eigenvalue weighted by molar-refractivity contribution is -0.137. The van der Waals surface area contributed by atoms with Gasteiger partial charge in [-0.15, -0.1) is 22.7 Å². The highest BCUT2D eigenvalue weighted by molar-refractivity contribution is 7.23. The number of hydrogen-bond acceptors (Lipinski definition) is 5. The summed E-state index contributed by atoms with van der Waals surface area (Å²) in [5.41, 5.74) is 0.823. The molecule has 0 saturated carbocycles. The zero-order chi connectivity index (χ0) is 14.8. The summed E-state index contributed by atoms with van der Waals surface area (Å²) in [4.78, 5) is 19.7. The Bertz CT molecular complexity index is 640. The van der Waals surface area contributed by atoms with Crippen LogP contribution in [0.1, 0.15) is 12.6 Å². The summed E-state index contributed by atoms with van der Waals surface area (Å²) in [5.74, 6) is 0.117. The van der Waals surface area contributed by atoms with E-state index >= 15 is 0 Å². The van der Waals surface area contributed by atoms with Crippen LogP contribution in [0.3, 0.4) is 0 Å². The predicted octanol–water partition coefficient (Wildman–Crippen LogP) is 3.31. The highest BCUT2D eigenvalue weighted by Crippen LogP contribution is 2.33. The summed E-state index contributed by atoms with van der Waals surface area (Å²) in [6.07, 6.45) is 0.462. The number of rotatable bonds is 3. The Hall–Kier alpha value is -0.950. The number of carbonyl (C=O) groups excluding carboxylic acids is 1. The Morgan fingerprint density at radius 2 is 2.43 bits per heavy atom. The zero-order valence-corrected chi connectivity index (χ0v) is 13.9. The molecule has 1 unspecified atom stereocenters. The average Bonchev–Trinajstić information content (AvgIpc) is 3.07. The Balaban J connectivity index is 1.65. The largest absolute Gasteiger partial charge is 0.375 e. The molecule has 2 aromatic heterocycles. The van der Waals surface area contributed by atoms with Crippen LogP contribution in [-0.2, 0) is 16.0 Å². The van der Waals surface area contributed by atoms with Crippen LogP contribution < -0.4 is 0 Å². The smallest absolute Gasteiger partial charge is 0.228 e. The first-order valence-corrected chi connectivity index (χ1v) is 8.79. The molecule has 2 aromatic rings. The number of nitrogens with zero attached hydrogens (tertiary/aromatic N) is 2. The van der Waals surface area contributed by atoms with Gasteiger partial charge in [-0.1, -0.05) is 11.6 Å². The first kappa shape index (κ1) is 15.0. The van der Waals surface area contributed by atoms with Gasteiger partial charge in [0.1, 0.15) is 5.01 Å². The van der Waals surface area contributed by atoms with Gasteiger partial charge in [0.15, 0.2) is 0 Å². The Kier molecular flexibility index (Phi) is 4.59. The van der Waals surface area contributed by atoms with Crippen LogP contribution in [0.15, 0.2) is 17.5 Å². The van der Waals surface area contributed by atoms with Crippen molar-refractivity contribution in [2.75, 3.05) is 19.7 Å². The van der Waals surface area contributed by atoms with Gasteiger partial charge in [0.2, 0.25) is 5.91 Å². The Morgan fingerprint density at radius 1 is 1.57 bits per heavy atom. The van der Waals surface area contributed by atoms with Gasteiger partial charge in [-0.05, 0) is 19.1 Å². The monoisotopic (exact) mass is 342 g/mol. The summed E-state index contributed by atoms with van der Waals surface area (Å²) in [6.45, 7) is 3.93. The summed E-state index contributed by atoms with van der Waals surface area (Å²) >= 11 is 8.99. The highest BCUT2D eigenvalue weighted by atomic mass is 35.5. The molecule has 0 aromatic carbocycles. The minimum atomic E-state index is 0.113. The van der Waals surface area contributed by atoms with E-state index < -0.39 is 0 Å². The van der Waals surface area contributed by atoms with Gasteiger partial charge in [0.05, 0.1) is 34.0 Å². The minimum absolute atomic E-state index is 0.113. The van der Waals surface area contributed by atoms with Crippen LogP contribution in [0.4, 0.5) is 0 Å². The normalized spacial score (nSPS) is 19.0. The quantitative estimate of drug-likeness (QED) is 0.859. The maximum Gasteiger partial charge on any atom is 0.228 e. The second-order valence-corrected chi connectivity index (χ2v) is 7.52. The minimum Gasteiger partial charge on any atom is -0.375 e. The molecule has 1 saturated heterocycles. The fraction of sp³-hybridized carbons (Fsp3) is 0.429. The van der Waals surface area contributed by atoms with Crippen LogP contribution in [0, 0.1) is 0 Å². The second kappa shape index (κ2) is 6.44. The van der Waals surface area contributed by atoms with Crippen LogP contribution >= 0.6 is 34.3 Å². The summed E-state index contributed by atoms with van der Waals surface area (Å²) in [6, 6.07) is 3.82. The number of ether oxygens (including phenoxy) is 1. The average molecular weight is 343 g/mol. The van der Waals surface area contributed by atoms with Crippen molar-refractivity contribution in [2.24, 2.45) is 0 Å².